The van der Waals surface area contributed by atoms with Crippen molar-refractivity contribution in [2.75, 3.05) is 33.3 Å². The van der Waals surface area contributed by atoms with Gasteiger partial charge in [0.15, 0.2) is 6.61 Å². The van der Waals surface area contributed by atoms with Crippen LogP contribution in [0, 0.1) is 11.6 Å². The average Bonchev–Trinajstić information content (AvgIpc) is 3.15. The Morgan fingerprint density at radius 1 is 1.02 bits per heavy atom. The molecule has 2 heterocycles. The third-order valence-electron chi connectivity index (χ3n) is 7.24. The predicted octanol–water partition coefficient (Wildman–Crippen LogP) is 5.43. The van der Waals surface area contributed by atoms with E-state index in [4.69, 9.17) is 10.5 Å². The fourth-order valence-electron chi connectivity index (χ4n) is 4.74. The normalized spacial score (nSPS) is 17.1. The lowest BCUT2D eigenvalue weighted by Gasteiger charge is -2.43. The second-order valence-corrected chi connectivity index (χ2v) is 10.5. The van der Waals surface area contributed by atoms with E-state index in [1.54, 1.807) is 19.0 Å². The summed E-state index contributed by atoms with van der Waals surface area (Å²) in [5, 5.41) is 5.77. The van der Waals surface area contributed by atoms with E-state index in [0.29, 0.717) is 30.2 Å². The molecule has 0 bridgehead atoms. The first-order valence-electron chi connectivity index (χ1n) is 13.7. The van der Waals surface area contributed by atoms with Crippen molar-refractivity contribution in [3.63, 3.8) is 0 Å². The molecule has 1 aliphatic rings. The average molecular weight is 642 g/mol. The number of rotatable bonds is 10. The number of nitrogens with zero attached hydrogens (tertiary/aromatic N) is 4. The maximum absolute atomic E-state index is 16.9. The summed E-state index contributed by atoms with van der Waals surface area (Å²) in [4.78, 5) is 17.9. The van der Waals surface area contributed by atoms with Crippen molar-refractivity contribution in [2.24, 2.45) is 10.8 Å². The molecule has 242 valence electrons. The van der Waals surface area contributed by atoms with Crippen LogP contribution >= 0.6 is 0 Å². The Balaban J connectivity index is 1.78. The first-order valence-corrected chi connectivity index (χ1v) is 13.7. The van der Waals surface area contributed by atoms with Gasteiger partial charge in [0, 0.05) is 43.0 Å². The van der Waals surface area contributed by atoms with Crippen molar-refractivity contribution in [3.05, 3.63) is 83.7 Å². The summed E-state index contributed by atoms with van der Waals surface area (Å²) in [5.74, 6) is -8.00. The molecule has 0 aliphatic carbocycles. The van der Waals surface area contributed by atoms with Crippen LogP contribution in [0.25, 0.3) is 11.1 Å². The molecule has 4 rings (SSSR count). The van der Waals surface area contributed by atoms with Crippen molar-refractivity contribution < 1.29 is 45.0 Å². The highest BCUT2D eigenvalue weighted by Gasteiger charge is 2.62. The van der Waals surface area contributed by atoms with Crippen LogP contribution in [-0.2, 0) is 21.1 Å². The molecule has 2 aromatic carbocycles. The number of hydrazone groups is 1. The zero-order valence-corrected chi connectivity index (χ0v) is 24.2. The van der Waals surface area contributed by atoms with Crippen LogP contribution in [0.4, 0.5) is 30.7 Å². The number of benzene rings is 2. The van der Waals surface area contributed by atoms with Gasteiger partial charge < -0.3 is 20.1 Å². The number of hydrogen-bond acceptors (Lipinski definition) is 8. The predicted molar refractivity (Wildman–Crippen MR) is 150 cm³/mol. The lowest BCUT2D eigenvalue weighted by Crippen LogP contribution is -2.56. The zero-order valence-electron chi connectivity index (χ0n) is 24.2. The monoisotopic (exact) mass is 641 g/mol. The Bertz CT molecular complexity index is 1500. The smallest absolute Gasteiger partial charge is 0.422 e. The van der Waals surface area contributed by atoms with E-state index in [1.807, 2.05) is 0 Å². The number of hydrogen-bond donors (Lipinski definition) is 1. The number of pyridine rings is 1. The molecule has 0 amide bonds. The van der Waals surface area contributed by atoms with Crippen LogP contribution in [0.5, 0.6) is 5.75 Å². The molecule has 0 saturated carbocycles. The number of carbonyl (C=O) groups is 1. The Morgan fingerprint density at radius 2 is 1.71 bits per heavy atom. The topological polar surface area (TPSA) is 93.3 Å². The van der Waals surface area contributed by atoms with Gasteiger partial charge in [0.05, 0.1) is 13.1 Å². The highest BCUT2D eigenvalue weighted by molar-refractivity contribution is 5.72. The SMILES string of the molecule is CC1CCN(C)N=CN1CC(OC(=O)CN)(c1ccc(F)cc1F)C(F)(F)c1ccc(-c2ccc(OCC(F)(F)F)cc2)cn1. The summed E-state index contributed by atoms with van der Waals surface area (Å²) < 4.78 is 111. The minimum absolute atomic E-state index is 0.0579. The molecule has 1 aliphatic heterocycles. The summed E-state index contributed by atoms with van der Waals surface area (Å²) in [6.45, 7) is -0.908. The van der Waals surface area contributed by atoms with Gasteiger partial charge in [-0.05, 0) is 49.2 Å². The molecule has 15 heteroatoms. The molecular formula is C30H30F7N5O3. The largest absolute Gasteiger partial charge is 0.484 e. The lowest BCUT2D eigenvalue weighted by atomic mass is 9.83. The minimum atomic E-state index is -4.53. The van der Waals surface area contributed by atoms with Gasteiger partial charge in [-0.2, -0.15) is 27.1 Å². The summed E-state index contributed by atoms with van der Waals surface area (Å²) in [7, 11) is 1.68. The fraction of sp³-hybridized carbons (Fsp3) is 0.367. The fourth-order valence-corrected chi connectivity index (χ4v) is 4.74. The van der Waals surface area contributed by atoms with Crippen LogP contribution in [-0.4, -0.2) is 72.7 Å². The second-order valence-electron chi connectivity index (χ2n) is 10.5. The van der Waals surface area contributed by atoms with Crippen LogP contribution < -0.4 is 10.5 Å². The Labute approximate surface area is 254 Å². The maximum atomic E-state index is 16.9. The molecule has 45 heavy (non-hydrogen) atoms. The second kappa shape index (κ2) is 13.3. The molecule has 3 aromatic rings. The zero-order chi connectivity index (χ0) is 33.0. The van der Waals surface area contributed by atoms with E-state index in [-0.39, 0.29) is 5.75 Å². The molecule has 2 N–H and O–H groups in total. The standard InChI is InChI=1S/C30H30F7N5O3/c1-19-11-12-41(2)40-18-42(19)16-28(45-27(43)14-38,24-9-6-22(31)13-25(24)32)30(36,37)26-10-5-21(15-39-26)20-3-7-23(8-4-20)44-17-29(33,34)35/h3-10,13,15,18-19H,11-12,14,16-17,38H2,1-2H3. The third kappa shape index (κ3) is 7.64. The number of aromatic nitrogens is 1. The molecule has 8 nitrogen and oxygen atoms in total. The van der Waals surface area contributed by atoms with Crippen molar-refractivity contribution in [1.29, 1.82) is 0 Å². The van der Waals surface area contributed by atoms with E-state index in [1.165, 1.54) is 41.6 Å². The van der Waals surface area contributed by atoms with Crippen molar-refractivity contribution in [3.8, 4) is 16.9 Å². The summed E-state index contributed by atoms with van der Waals surface area (Å²) >= 11 is 0. The molecule has 0 fully saturated rings. The van der Waals surface area contributed by atoms with Gasteiger partial charge in [0.1, 0.15) is 29.4 Å². The van der Waals surface area contributed by atoms with E-state index < -0.39 is 72.3 Å². The number of carbonyl (C=O) groups excluding carboxylic acids is 1. The Morgan fingerprint density at radius 3 is 2.31 bits per heavy atom. The number of alkyl halides is 5. The third-order valence-corrected chi connectivity index (χ3v) is 7.24. The molecule has 0 spiro atoms. The van der Waals surface area contributed by atoms with Gasteiger partial charge in [-0.25, -0.2) is 8.78 Å². The van der Waals surface area contributed by atoms with Crippen LogP contribution in [0.2, 0.25) is 0 Å². The molecule has 0 radical (unpaired) electrons. The van der Waals surface area contributed by atoms with Gasteiger partial charge in [-0.15, -0.1) is 0 Å². The van der Waals surface area contributed by atoms with Gasteiger partial charge in [-0.1, -0.05) is 18.2 Å². The quantitative estimate of drug-likeness (QED) is 0.233. The van der Waals surface area contributed by atoms with Gasteiger partial charge in [-0.3, -0.25) is 14.8 Å². The van der Waals surface area contributed by atoms with Crippen LogP contribution in [0.1, 0.15) is 24.6 Å². The summed E-state index contributed by atoms with van der Waals surface area (Å²) in [6, 6.07) is 9.14. The van der Waals surface area contributed by atoms with Gasteiger partial charge >= 0.3 is 18.1 Å². The summed E-state index contributed by atoms with van der Waals surface area (Å²) in [5.41, 5.74) is 1.34. The number of ether oxygens (including phenoxy) is 2. The first kappa shape index (κ1) is 33.5. The molecule has 1 aromatic heterocycles. The maximum Gasteiger partial charge on any atom is 0.422 e. The van der Waals surface area contributed by atoms with Gasteiger partial charge in [0.2, 0.25) is 5.60 Å². The molecule has 0 saturated heterocycles. The molecule has 2 atom stereocenters. The van der Waals surface area contributed by atoms with Crippen molar-refractivity contribution in [1.82, 2.24) is 14.9 Å². The Kier molecular flexibility index (Phi) is 9.90. The number of esters is 1. The Hall–Kier alpha value is -4.40. The lowest BCUT2D eigenvalue weighted by molar-refractivity contribution is -0.229. The first-order chi connectivity index (χ1) is 21.1. The van der Waals surface area contributed by atoms with Crippen LogP contribution in [0.3, 0.4) is 0 Å². The van der Waals surface area contributed by atoms with E-state index >= 15 is 13.2 Å². The highest BCUT2D eigenvalue weighted by atomic mass is 19.4. The van der Waals surface area contributed by atoms with Crippen molar-refractivity contribution >= 4 is 12.3 Å². The van der Waals surface area contributed by atoms with E-state index in [0.717, 1.165) is 24.4 Å². The van der Waals surface area contributed by atoms with Crippen LogP contribution in [0.15, 0.2) is 65.9 Å². The van der Waals surface area contributed by atoms with E-state index in [9.17, 15) is 22.4 Å². The highest BCUT2D eigenvalue weighted by Crippen LogP contribution is 2.49. The minimum Gasteiger partial charge on any atom is -0.484 e. The number of nitrogens with two attached hydrogens (primary N) is 1. The molecular weight excluding hydrogens is 611 g/mol. The number of halogens is 7. The van der Waals surface area contributed by atoms with Gasteiger partial charge in [0.25, 0.3) is 0 Å². The van der Waals surface area contributed by atoms with E-state index in [2.05, 4.69) is 14.8 Å². The molecule has 2 unspecified atom stereocenters. The van der Waals surface area contributed by atoms with Crippen molar-refractivity contribution in [2.45, 2.75) is 37.1 Å². The summed E-state index contributed by atoms with van der Waals surface area (Å²) in [6.07, 6.45) is -1.71.